The predicted molar refractivity (Wildman–Crippen MR) is 79.2 cm³/mol. The van der Waals surface area contributed by atoms with Crippen molar-refractivity contribution in [1.82, 2.24) is 14.7 Å². The molecular formula is C15H21N3O3. The van der Waals surface area contributed by atoms with Crippen LogP contribution in [0.3, 0.4) is 0 Å². The van der Waals surface area contributed by atoms with Gasteiger partial charge < -0.3 is 14.5 Å². The summed E-state index contributed by atoms with van der Waals surface area (Å²) in [6.07, 6.45) is -0.334. The van der Waals surface area contributed by atoms with Crippen molar-refractivity contribution in [2.24, 2.45) is 0 Å². The van der Waals surface area contributed by atoms with Crippen LogP contribution in [0.4, 0.5) is 4.79 Å². The average Bonchev–Trinajstić information content (AvgIpc) is 2.48. The monoisotopic (exact) mass is 291 g/mol. The third-order valence-corrected chi connectivity index (χ3v) is 3.44. The highest BCUT2D eigenvalue weighted by Gasteiger charge is 2.24. The first kappa shape index (κ1) is 15.3. The number of nitrogens with zero attached hydrogens (tertiary/aromatic N) is 3. The largest absolute Gasteiger partial charge is 0.415 e. The normalized spacial score (nSPS) is 15.6. The van der Waals surface area contributed by atoms with Crippen molar-refractivity contribution in [2.75, 3.05) is 46.8 Å². The van der Waals surface area contributed by atoms with Crippen molar-refractivity contribution in [3.05, 3.63) is 30.3 Å². The molecule has 0 radical (unpaired) electrons. The van der Waals surface area contributed by atoms with Crippen molar-refractivity contribution in [2.45, 2.75) is 0 Å². The number of hydrogen-bond donors (Lipinski definition) is 0. The van der Waals surface area contributed by atoms with E-state index in [1.54, 1.807) is 36.0 Å². The van der Waals surface area contributed by atoms with Crippen molar-refractivity contribution in [3.63, 3.8) is 0 Å². The molecular weight excluding hydrogens is 270 g/mol. The first-order valence-corrected chi connectivity index (χ1v) is 7.00. The molecule has 1 aromatic rings. The van der Waals surface area contributed by atoms with Crippen LogP contribution in [0.25, 0.3) is 0 Å². The van der Waals surface area contributed by atoms with Gasteiger partial charge in [0.1, 0.15) is 5.75 Å². The molecule has 1 saturated heterocycles. The van der Waals surface area contributed by atoms with E-state index in [-0.39, 0.29) is 12.0 Å². The summed E-state index contributed by atoms with van der Waals surface area (Å²) in [6, 6.07) is 9.03. The van der Waals surface area contributed by atoms with E-state index < -0.39 is 0 Å². The van der Waals surface area contributed by atoms with Crippen LogP contribution in [0.1, 0.15) is 0 Å². The average molecular weight is 291 g/mol. The number of rotatable bonds is 3. The summed E-state index contributed by atoms with van der Waals surface area (Å²) in [5.74, 6) is 0.628. The van der Waals surface area contributed by atoms with E-state index in [2.05, 4.69) is 4.90 Å². The van der Waals surface area contributed by atoms with E-state index in [1.807, 2.05) is 18.2 Å². The van der Waals surface area contributed by atoms with Crippen molar-refractivity contribution < 1.29 is 14.3 Å². The second kappa shape index (κ2) is 7.08. The van der Waals surface area contributed by atoms with Crippen LogP contribution in [-0.2, 0) is 4.79 Å². The van der Waals surface area contributed by atoms with E-state index in [1.165, 1.54) is 0 Å². The molecule has 0 aromatic heterocycles. The lowest BCUT2D eigenvalue weighted by molar-refractivity contribution is -0.130. The van der Waals surface area contributed by atoms with Crippen LogP contribution >= 0.6 is 0 Å². The molecule has 2 amide bonds. The molecule has 0 N–H and O–H groups in total. The van der Waals surface area contributed by atoms with Crippen molar-refractivity contribution in [1.29, 1.82) is 0 Å². The minimum atomic E-state index is -0.334. The fraction of sp³-hybridized carbons (Fsp3) is 0.467. The summed E-state index contributed by atoms with van der Waals surface area (Å²) in [4.78, 5) is 29.0. The minimum absolute atomic E-state index is 0.0790. The molecule has 1 aromatic carbocycles. The minimum Gasteiger partial charge on any atom is -0.410 e. The topological polar surface area (TPSA) is 53.1 Å². The molecule has 114 valence electrons. The van der Waals surface area contributed by atoms with Gasteiger partial charge in [-0.1, -0.05) is 18.2 Å². The summed E-state index contributed by atoms with van der Waals surface area (Å²) < 4.78 is 5.30. The van der Waals surface area contributed by atoms with Crippen molar-refractivity contribution >= 4 is 12.0 Å². The number of likely N-dealkylation sites (N-methyl/N-ethyl adjacent to an activating group) is 1. The Hall–Kier alpha value is -2.08. The van der Waals surface area contributed by atoms with Crippen LogP contribution in [0.5, 0.6) is 5.75 Å². The zero-order valence-electron chi connectivity index (χ0n) is 12.5. The number of amides is 2. The summed E-state index contributed by atoms with van der Waals surface area (Å²) >= 11 is 0. The van der Waals surface area contributed by atoms with Gasteiger partial charge >= 0.3 is 6.09 Å². The fourth-order valence-corrected chi connectivity index (χ4v) is 2.08. The second-order valence-corrected chi connectivity index (χ2v) is 5.23. The van der Waals surface area contributed by atoms with Gasteiger partial charge in [0.05, 0.1) is 6.54 Å². The molecule has 1 heterocycles. The standard InChI is InChI=1S/C15H21N3O3/c1-16(2)14(19)12-17-8-10-18(11-9-17)15(20)21-13-6-4-3-5-7-13/h3-7H,8-12H2,1-2H3. The molecule has 6 nitrogen and oxygen atoms in total. The highest BCUT2D eigenvalue weighted by molar-refractivity contribution is 5.77. The zero-order valence-corrected chi connectivity index (χ0v) is 12.5. The first-order chi connectivity index (χ1) is 10.1. The van der Waals surface area contributed by atoms with Crippen LogP contribution in [0.2, 0.25) is 0 Å². The van der Waals surface area contributed by atoms with Crippen molar-refractivity contribution in [3.8, 4) is 5.75 Å². The van der Waals surface area contributed by atoms with Gasteiger partial charge in [0.2, 0.25) is 5.91 Å². The van der Waals surface area contributed by atoms with Gasteiger partial charge in [0, 0.05) is 40.3 Å². The highest BCUT2D eigenvalue weighted by Crippen LogP contribution is 2.11. The van der Waals surface area contributed by atoms with Gasteiger partial charge in [0.25, 0.3) is 0 Å². The third-order valence-electron chi connectivity index (χ3n) is 3.44. The number of benzene rings is 1. The van der Waals surface area contributed by atoms with E-state index in [4.69, 9.17) is 4.74 Å². The third kappa shape index (κ3) is 4.46. The molecule has 0 bridgehead atoms. The Morgan fingerprint density at radius 1 is 1.10 bits per heavy atom. The molecule has 1 aliphatic heterocycles. The van der Waals surface area contributed by atoms with Crippen LogP contribution in [0.15, 0.2) is 30.3 Å². The van der Waals surface area contributed by atoms with Gasteiger partial charge in [-0.15, -0.1) is 0 Å². The number of carbonyl (C=O) groups excluding carboxylic acids is 2. The fourth-order valence-electron chi connectivity index (χ4n) is 2.08. The highest BCUT2D eigenvalue weighted by atomic mass is 16.6. The molecule has 0 unspecified atom stereocenters. The molecule has 6 heteroatoms. The van der Waals surface area contributed by atoms with E-state index in [0.29, 0.717) is 38.5 Å². The quantitative estimate of drug-likeness (QED) is 0.830. The van der Waals surface area contributed by atoms with E-state index in [0.717, 1.165) is 0 Å². The predicted octanol–water partition coefficient (Wildman–Crippen LogP) is 0.891. The number of para-hydroxylation sites is 1. The molecule has 0 aliphatic carbocycles. The maximum Gasteiger partial charge on any atom is 0.415 e. The van der Waals surface area contributed by atoms with E-state index >= 15 is 0 Å². The molecule has 0 spiro atoms. The number of piperazine rings is 1. The molecule has 2 rings (SSSR count). The van der Waals surface area contributed by atoms with Gasteiger partial charge in [0.15, 0.2) is 0 Å². The lowest BCUT2D eigenvalue weighted by atomic mass is 10.3. The summed E-state index contributed by atoms with van der Waals surface area (Å²) in [5, 5.41) is 0. The van der Waals surface area contributed by atoms with Crippen LogP contribution in [-0.4, -0.2) is 73.5 Å². The van der Waals surface area contributed by atoms with Gasteiger partial charge in [-0.25, -0.2) is 4.79 Å². The Morgan fingerprint density at radius 3 is 2.29 bits per heavy atom. The number of ether oxygens (including phenoxy) is 1. The second-order valence-electron chi connectivity index (χ2n) is 5.23. The van der Waals surface area contributed by atoms with Crippen LogP contribution in [0, 0.1) is 0 Å². The number of carbonyl (C=O) groups is 2. The molecule has 1 fully saturated rings. The molecule has 1 aliphatic rings. The van der Waals surface area contributed by atoms with Gasteiger partial charge in [-0.05, 0) is 12.1 Å². The Kier molecular flexibility index (Phi) is 5.16. The molecule has 0 atom stereocenters. The molecule has 21 heavy (non-hydrogen) atoms. The Balaban J connectivity index is 1.78. The Morgan fingerprint density at radius 2 is 1.71 bits per heavy atom. The summed E-state index contributed by atoms with van der Waals surface area (Å²) in [6.45, 7) is 2.92. The first-order valence-electron chi connectivity index (χ1n) is 7.00. The molecule has 0 saturated carbocycles. The van der Waals surface area contributed by atoms with Gasteiger partial charge in [-0.2, -0.15) is 0 Å². The number of hydrogen-bond acceptors (Lipinski definition) is 4. The summed E-state index contributed by atoms with van der Waals surface area (Å²) in [7, 11) is 3.49. The Labute approximate surface area is 124 Å². The lowest BCUT2D eigenvalue weighted by Gasteiger charge is -2.34. The Bertz CT molecular complexity index is 482. The maximum absolute atomic E-state index is 12.0. The zero-order chi connectivity index (χ0) is 15.2. The SMILES string of the molecule is CN(C)C(=O)CN1CCN(C(=O)Oc2ccccc2)CC1. The summed E-state index contributed by atoms with van der Waals surface area (Å²) in [5.41, 5.74) is 0. The van der Waals surface area contributed by atoms with Crippen LogP contribution < -0.4 is 4.74 Å². The van der Waals surface area contributed by atoms with Gasteiger partial charge in [-0.3, -0.25) is 9.69 Å². The lowest BCUT2D eigenvalue weighted by Crippen LogP contribution is -2.51. The maximum atomic E-state index is 12.0. The smallest absolute Gasteiger partial charge is 0.410 e. The van der Waals surface area contributed by atoms with E-state index in [9.17, 15) is 9.59 Å².